The van der Waals surface area contributed by atoms with E-state index in [4.69, 9.17) is 15.3 Å². The maximum Gasteiger partial charge on any atom is 0.230 e. The normalized spacial score (nSPS) is 18.2. The summed E-state index contributed by atoms with van der Waals surface area (Å²) in [6.45, 7) is 5.17. The van der Waals surface area contributed by atoms with Gasteiger partial charge in [0.15, 0.2) is 5.82 Å². The van der Waals surface area contributed by atoms with Gasteiger partial charge in [-0.05, 0) is 18.2 Å². The summed E-state index contributed by atoms with van der Waals surface area (Å²) in [7, 11) is 0. The molecule has 3 heterocycles. The van der Waals surface area contributed by atoms with Gasteiger partial charge in [-0.2, -0.15) is 20.1 Å². The van der Waals surface area contributed by atoms with Gasteiger partial charge in [0.25, 0.3) is 0 Å². The first-order valence-electron chi connectivity index (χ1n) is 9.34. The van der Waals surface area contributed by atoms with Crippen molar-refractivity contribution in [3.63, 3.8) is 0 Å². The van der Waals surface area contributed by atoms with Crippen LogP contribution < -0.4 is 15.6 Å². The molecule has 3 N–H and O–H groups in total. The van der Waals surface area contributed by atoms with E-state index in [1.165, 1.54) is 0 Å². The Morgan fingerprint density at radius 3 is 2.03 bits per heavy atom. The van der Waals surface area contributed by atoms with Crippen molar-refractivity contribution in [2.24, 2.45) is 10.9 Å². The van der Waals surface area contributed by atoms with Crippen LogP contribution in [0.25, 0.3) is 0 Å². The average molecular weight is 464 g/mol. The number of hydrogen-bond acceptors (Lipinski definition) is 10. The predicted octanol–water partition coefficient (Wildman–Crippen LogP) is 0.724. The molecular formula is C18H22BrN7O3. The number of phenols is 1. The molecule has 2 aromatic rings. The Hall–Kier alpha value is -2.50. The summed E-state index contributed by atoms with van der Waals surface area (Å²) < 4.78 is 11.7. The molecule has 2 aliphatic rings. The molecule has 0 saturated carbocycles. The average Bonchev–Trinajstić information content (AvgIpc) is 2.78. The number of ether oxygens (including phenoxy) is 2. The summed E-state index contributed by atoms with van der Waals surface area (Å²) >= 11 is 3.42. The Morgan fingerprint density at radius 1 is 0.966 bits per heavy atom. The molecule has 2 aliphatic heterocycles. The maximum atomic E-state index is 10.4. The molecule has 11 heteroatoms. The number of morpholine rings is 2. The molecule has 4 rings (SSSR count). The summed E-state index contributed by atoms with van der Waals surface area (Å²) in [6, 6.07) is 5.03. The fourth-order valence-electron chi connectivity index (χ4n) is 3.21. The van der Waals surface area contributed by atoms with Crippen molar-refractivity contribution in [1.82, 2.24) is 15.0 Å². The van der Waals surface area contributed by atoms with Crippen molar-refractivity contribution in [2.45, 2.75) is 0 Å². The van der Waals surface area contributed by atoms with Gasteiger partial charge in [-0.1, -0.05) is 15.9 Å². The molecule has 0 bridgehead atoms. The summed E-state index contributed by atoms with van der Waals surface area (Å²) in [5.74, 6) is 7.13. The van der Waals surface area contributed by atoms with Gasteiger partial charge in [0.2, 0.25) is 11.9 Å². The van der Waals surface area contributed by atoms with Crippen molar-refractivity contribution >= 4 is 33.5 Å². The number of benzene rings is 1. The third kappa shape index (κ3) is 4.41. The molecule has 0 spiro atoms. The molecule has 2 saturated heterocycles. The molecule has 0 unspecified atom stereocenters. The van der Waals surface area contributed by atoms with Crippen LogP contribution in [0.3, 0.4) is 0 Å². The summed E-state index contributed by atoms with van der Waals surface area (Å²) in [4.78, 5) is 18.0. The number of nitrogens with zero attached hydrogens (tertiary/aromatic N) is 6. The first kappa shape index (κ1) is 19.8. The van der Waals surface area contributed by atoms with E-state index >= 15 is 0 Å². The summed E-state index contributed by atoms with van der Waals surface area (Å²) in [5.41, 5.74) is 0.726. The number of halogens is 1. The second-order valence-electron chi connectivity index (χ2n) is 6.60. The van der Waals surface area contributed by atoms with Crippen LogP contribution in [0.1, 0.15) is 11.4 Å². The van der Waals surface area contributed by atoms with Gasteiger partial charge in [0.05, 0.1) is 26.4 Å². The van der Waals surface area contributed by atoms with Gasteiger partial charge < -0.3 is 30.2 Å². The number of anilines is 2. The van der Waals surface area contributed by atoms with Crippen LogP contribution in [-0.4, -0.2) is 78.4 Å². The van der Waals surface area contributed by atoms with Gasteiger partial charge in [0, 0.05) is 36.2 Å². The minimum Gasteiger partial charge on any atom is -0.507 e. The number of nitrogens with two attached hydrogens (primary N) is 1. The highest BCUT2D eigenvalue weighted by Crippen LogP contribution is 2.25. The van der Waals surface area contributed by atoms with Gasteiger partial charge >= 0.3 is 0 Å². The highest BCUT2D eigenvalue weighted by molar-refractivity contribution is 9.10. The summed E-state index contributed by atoms with van der Waals surface area (Å²) in [6.07, 6.45) is 0. The minimum absolute atomic E-state index is 0.0404. The molecule has 1 aromatic carbocycles. The van der Waals surface area contributed by atoms with E-state index in [2.05, 4.69) is 36.0 Å². The molecule has 2 fully saturated rings. The second kappa shape index (κ2) is 8.89. The van der Waals surface area contributed by atoms with Crippen LogP contribution >= 0.6 is 15.9 Å². The highest BCUT2D eigenvalue weighted by Gasteiger charge is 2.24. The van der Waals surface area contributed by atoms with Crippen LogP contribution in [0.5, 0.6) is 5.75 Å². The number of aromatic nitrogens is 3. The largest absolute Gasteiger partial charge is 0.507 e. The molecule has 0 radical (unpaired) electrons. The van der Waals surface area contributed by atoms with Crippen molar-refractivity contribution in [1.29, 1.82) is 0 Å². The lowest BCUT2D eigenvalue weighted by atomic mass is 10.1. The molecule has 1 aromatic heterocycles. The lowest BCUT2D eigenvalue weighted by Gasteiger charge is -2.30. The van der Waals surface area contributed by atoms with E-state index in [1.54, 1.807) is 18.2 Å². The molecule has 154 valence electrons. The van der Waals surface area contributed by atoms with Crippen LogP contribution in [0.2, 0.25) is 0 Å². The van der Waals surface area contributed by atoms with E-state index < -0.39 is 0 Å². The zero-order valence-corrected chi connectivity index (χ0v) is 17.4. The van der Waals surface area contributed by atoms with E-state index in [0.29, 0.717) is 75.9 Å². The summed E-state index contributed by atoms with van der Waals surface area (Å²) in [5, 5.41) is 14.3. The van der Waals surface area contributed by atoms with E-state index in [1.807, 2.05) is 9.80 Å². The lowest BCUT2D eigenvalue weighted by Crippen LogP contribution is -2.40. The molecule has 0 aliphatic carbocycles. The Labute approximate surface area is 176 Å². The number of rotatable bonds is 4. The maximum absolute atomic E-state index is 10.4. The Balaban J connectivity index is 1.78. The molecule has 0 atom stereocenters. The van der Waals surface area contributed by atoms with Gasteiger partial charge in [-0.25, -0.2) is 0 Å². The van der Waals surface area contributed by atoms with E-state index in [0.717, 1.165) is 4.47 Å². The first-order valence-corrected chi connectivity index (χ1v) is 10.1. The molecular weight excluding hydrogens is 442 g/mol. The monoisotopic (exact) mass is 463 g/mol. The second-order valence-corrected chi connectivity index (χ2v) is 7.51. The zero-order valence-electron chi connectivity index (χ0n) is 15.8. The van der Waals surface area contributed by atoms with Gasteiger partial charge in [-0.3, -0.25) is 0 Å². The van der Waals surface area contributed by atoms with Crippen LogP contribution in [-0.2, 0) is 9.47 Å². The first-order chi connectivity index (χ1) is 14.2. The minimum atomic E-state index is 0.0404. The quantitative estimate of drug-likeness (QED) is 0.383. The fraction of sp³-hybridized carbons (Fsp3) is 0.444. The van der Waals surface area contributed by atoms with Crippen molar-refractivity contribution < 1.29 is 14.6 Å². The zero-order chi connectivity index (χ0) is 20.2. The number of aromatic hydroxyl groups is 1. The van der Waals surface area contributed by atoms with Crippen molar-refractivity contribution in [2.75, 3.05) is 62.4 Å². The highest BCUT2D eigenvalue weighted by atomic mass is 79.9. The van der Waals surface area contributed by atoms with Gasteiger partial charge in [-0.15, -0.1) is 0 Å². The van der Waals surface area contributed by atoms with Crippen molar-refractivity contribution in [3.8, 4) is 5.75 Å². The SMILES string of the molecule is N/N=C(/c1nc(N2CCOCC2)nc(N2CCOCC2)n1)c1cc(Br)ccc1O. The van der Waals surface area contributed by atoms with Crippen molar-refractivity contribution in [3.05, 3.63) is 34.1 Å². The Kier molecular flexibility index (Phi) is 6.07. The third-order valence-electron chi connectivity index (χ3n) is 4.75. The standard InChI is InChI=1S/C18H22BrN7O3/c19-12-1-2-14(27)13(11-12)15(24-20)16-21-17(25-3-7-28-8-4-25)23-18(22-16)26-5-9-29-10-6-26/h1-2,11,27H,3-10,20H2/b24-15+. The topological polar surface area (TPSA) is 122 Å². The number of hydrogen-bond donors (Lipinski definition) is 2. The Morgan fingerprint density at radius 2 is 1.52 bits per heavy atom. The Bertz CT molecular complexity index is 863. The fourth-order valence-corrected chi connectivity index (χ4v) is 3.58. The van der Waals surface area contributed by atoms with Crippen LogP contribution in [0.15, 0.2) is 27.8 Å². The predicted molar refractivity (Wildman–Crippen MR) is 112 cm³/mol. The number of phenolic OH excluding ortho intramolecular Hbond substituents is 1. The molecule has 29 heavy (non-hydrogen) atoms. The van der Waals surface area contributed by atoms with Crippen LogP contribution in [0.4, 0.5) is 11.9 Å². The van der Waals surface area contributed by atoms with Gasteiger partial charge in [0.1, 0.15) is 11.5 Å². The van der Waals surface area contributed by atoms with E-state index in [-0.39, 0.29) is 11.5 Å². The van der Waals surface area contributed by atoms with E-state index in [9.17, 15) is 5.11 Å². The number of hydrazone groups is 1. The lowest BCUT2D eigenvalue weighted by molar-refractivity contribution is 0.121. The van der Waals surface area contributed by atoms with Crippen LogP contribution in [0, 0.1) is 0 Å². The third-order valence-corrected chi connectivity index (χ3v) is 5.25. The molecule has 0 amide bonds. The molecule has 10 nitrogen and oxygen atoms in total. The smallest absolute Gasteiger partial charge is 0.230 e.